The molecule has 0 bridgehead atoms. The second kappa shape index (κ2) is 7.83. The summed E-state index contributed by atoms with van der Waals surface area (Å²) in [4.78, 5) is 26.1. The van der Waals surface area contributed by atoms with Crippen LogP contribution in [-0.4, -0.2) is 24.9 Å². The highest BCUT2D eigenvalue weighted by molar-refractivity contribution is 6.33. The molecule has 0 spiro atoms. The molecule has 0 saturated heterocycles. The first kappa shape index (κ1) is 18.3. The Hall–Kier alpha value is -2.47. The SMILES string of the molecule is O=C(NCCC(=O)N1CCCc2ccc(F)cc21)c1ccc(F)cc1Cl. The first-order valence-electron chi connectivity index (χ1n) is 8.28. The summed E-state index contributed by atoms with van der Waals surface area (Å²) in [6.45, 7) is 0.625. The number of hydrogen-bond acceptors (Lipinski definition) is 2. The second-order valence-electron chi connectivity index (χ2n) is 6.05. The van der Waals surface area contributed by atoms with Crippen molar-refractivity contribution in [3.8, 4) is 0 Å². The smallest absolute Gasteiger partial charge is 0.252 e. The first-order valence-corrected chi connectivity index (χ1v) is 8.65. The summed E-state index contributed by atoms with van der Waals surface area (Å²) in [5.74, 6) is -1.59. The van der Waals surface area contributed by atoms with Gasteiger partial charge in [-0.1, -0.05) is 17.7 Å². The number of fused-ring (bicyclic) bond motifs is 1. The van der Waals surface area contributed by atoms with Crippen LogP contribution in [0.5, 0.6) is 0 Å². The molecule has 0 fully saturated rings. The van der Waals surface area contributed by atoms with Crippen molar-refractivity contribution in [3.63, 3.8) is 0 Å². The third-order valence-electron chi connectivity index (χ3n) is 4.27. The quantitative estimate of drug-likeness (QED) is 0.881. The van der Waals surface area contributed by atoms with Crippen LogP contribution in [0.3, 0.4) is 0 Å². The minimum atomic E-state index is -0.530. The number of rotatable bonds is 4. The van der Waals surface area contributed by atoms with E-state index in [1.54, 1.807) is 11.0 Å². The van der Waals surface area contributed by atoms with Gasteiger partial charge >= 0.3 is 0 Å². The van der Waals surface area contributed by atoms with Crippen LogP contribution in [0.1, 0.15) is 28.8 Å². The summed E-state index contributed by atoms with van der Waals surface area (Å²) < 4.78 is 26.5. The van der Waals surface area contributed by atoms with E-state index in [2.05, 4.69) is 5.32 Å². The third-order valence-corrected chi connectivity index (χ3v) is 4.58. The van der Waals surface area contributed by atoms with Gasteiger partial charge in [-0.05, 0) is 48.7 Å². The molecule has 0 aromatic heterocycles. The number of hydrogen-bond donors (Lipinski definition) is 1. The van der Waals surface area contributed by atoms with Crippen molar-refractivity contribution in [2.24, 2.45) is 0 Å². The van der Waals surface area contributed by atoms with Crippen molar-refractivity contribution in [3.05, 3.63) is 64.2 Å². The summed E-state index contributed by atoms with van der Waals surface area (Å²) in [6.07, 6.45) is 1.68. The van der Waals surface area contributed by atoms with Gasteiger partial charge in [0.2, 0.25) is 5.91 Å². The number of halogens is 3. The van der Waals surface area contributed by atoms with E-state index in [0.29, 0.717) is 12.2 Å². The maximum Gasteiger partial charge on any atom is 0.252 e. The lowest BCUT2D eigenvalue weighted by molar-refractivity contribution is -0.118. The molecule has 2 amide bonds. The zero-order valence-electron chi connectivity index (χ0n) is 13.9. The Morgan fingerprint density at radius 1 is 1.12 bits per heavy atom. The summed E-state index contributed by atoms with van der Waals surface area (Å²) in [6, 6.07) is 7.94. The Labute approximate surface area is 154 Å². The van der Waals surface area contributed by atoms with Crippen molar-refractivity contribution in [2.45, 2.75) is 19.3 Å². The zero-order valence-corrected chi connectivity index (χ0v) is 14.7. The van der Waals surface area contributed by atoms with Crippen LogP contribution in [0.4, 0.5) is 14.5 Å². The van der Waals surface area contributed by atoms with Gasteiger partial charge in [0.15, 0.2) is 0 Å². The van der Waals surface area contributed by atoms with Gasteiger partial charge in [0, 0.05) is 25.2 Å². The Morgan fingerprint density at radius 3 is 2.62 bits per heavy atom. The van der Waals surface area contributed by atoms with Gasteiger partial charge in [0.25, 0.3) is 5.91 Å². The van der Waals surface area contributed by atoms with Gasteiger partial charge < -0.3 is 10.2 Å². The Kier molecular flexibility index (Phi) is 5.52. The van der Waals surface area contributed by atoms with E-state index in [0.717, 1.165) is 30.5 Å². The summed E-state index contributed by atoms with van der Waals surface area (Å²) in [7, 11) is 0. The van der Waals surface area contributed by atoms with Gasteiger partial charge in [-0.2, -0.15) is 0 Å². The van der Waals surface area contributed by atoms with E-state index in [4.69, 9.17) is 11.6 Å². The summed E-state index contributed by atoms with van der Waals surface area (Å²) in [5, 5.41) is 2.61. The largest absolute Gasteiger partial charge is 0.351 e. The van der Waals surface area contributed by atoms with Crippen LogP contribution in [0.2, 0.25) is 5.02 Å². The molecule has 0 unspecified atom stereocenters. The van der Waals surface area contributed by atoms with Gasteiger partial charge in [0.1, 0.15) is 11.6 Å². The number of aryl methyl sites for hydroxylation is 1. The number of benzene rings is 2. The van der Waals surface area contributed by atoms with Crippen molar-refractivity contribution < 1.29 is 18.4 Å². The molecule has 0 radical (unpaired) electrons. The molecule has 0 aliphatic carbocycles. The predicted molar refractivity (Wildman–Crippen MR) is 95.4 cm³/mol. The molecule has 0 saturated carbocycles. The topological polar surface area (TPSA) is 49.4 Å². The standard InChI is InChI=1S/C19H17ClF2N2O2/c20-16-10-13(21)5-6-15(16)19(26)23-8-7-18(25)24-9-1-2-12-3-4-14(22)11-17(12)24/h3-6,10-11H,1-2,7-9H2,(H,23,26). The maximum atomic E-state index is 13.5. The van der Waals surface area contributed by atoms with E-state index >= 15 is 0 Å². The number of carbonyl (C=O) groups excluding carboxylic acids is 2. The highest BCUT2D eigenvalue weighted by atomic mass is 35.5. The lowest BCUT2D eigenvalue weighted by atomic mass is 10.0. The molecule has 26 heavy (non-hydrogen) atoms. The van der Waals surface area contributed by atoms with E-state index in [-0.39, 0.29) is 35.3 Å². The van der Waals surface area contributed by atoms with E-state index in [9.17, 15) is 18.4 Å². The number of anilines is 1. The fourth-order valence-corrected chi connectivity index (χ4v) is 3.25. The lowest BCUT2D eigenvalue weighted by Gasteiger charge is -2.29. The minimum Gasteiger partial charge on any atom is -0.351 e. The summed E-state index contributed by atoms with van der Waals surface area (Å²) >= 11 is 5.85. The third kappa shape index (κ3) is 4.02. The van der Waals surface area contributed by atoms with Crippen LogP contribution in [-0.2, 0) is 11.2 Å². The molecule has 7 heteroatoms. The fraction of sp³-hybridized carbons (Fsp3) is 0.263. The molecule has 1 aliphatic rings. The monoisotopic (exact) mass is 378 g/mol. The number of carbonyl (C=O) groups is 2. The molecular weight excluding hydrogens is 362 g/mol. The van der Waals surface area contributed by atoms with Crippen molar-refractivity contribution in [2.75, 3.05) is 18.0 Å². The number of nitrogens with one attached hydrogen (secondary N) is 1. The average Bonchev–Trinajstić information content (AvgIpc) is 2.60. The molecule has 1 aliphatic heterocycles. The fourth-order valence-electron chi connectivity index (χ4n) is 2.99. The van der Waals surface area contributed by atoms with Gasteiger partial charge in [0.05, 0.1) is 10.6 Å². The van der Waals surface area contributed by atoms with Crippen molar-refractivity contribution in [1.29, 1.82) is 0 Å². The predicted octanol–water partition coefficient (Wildman–Crippen LogP) is 3.72. The van der Waals surface area contributed by atoms with Crippen molar-refractivity contribution >= 4 is 29.1 Å². The molecule has 136 valence electrons. The molecule has 1 N–H and O–H groups in total. The van der Waals surface area contributed by atoms with Gasteiger partial charge in [-0.3, -0.25) is 9.59 Å². The van der Waals surface area contributed by atoms with Crippen LogP contribution in [0, 0.1) is 11.6 Å². The highest BCUT2D eigenvalue weighted by Gasteiger charge is 2.23. The molecular formula is C19H17ClF2N2O2. The van der Waals surface area contributed by atoms with Gasteiger partial charge in [-0.25, -0.2) is 8.78 Å². The Morgan fingerprint density at radius 2 is 1.85 bits per heavy atom. The number of amides is 2. The lowest BCUT2D eigenvalue weighted by Crippen LogP contribution is -2.37. The van der Waals surface area contributed by atoms with E-state index < -0.39 is 11.7 Å². The molecule has 3 rings (SSSR count). The number of nitrogens with zero attached hydrogens (tertiary/aromatic N) is 1. The Bertz CT molecular complexity index is 857. The normalized spacial score (nSPS) is 13.3. The van der Waals surface area contributed by atoms with Crippen LogP contribution in [0.25, 0.3) is 0 Å². The molecule has 1 heterocycles. The first-order chi connectivity index (χ1) is 12.5. The molecule has 0 atom stereocenters. The minimum absolute atomic E-state index is 0.00857. The zero-order chi connectivity index (χ0) is 18.7. The van der Waals surface area contributed by atoms with E-state index in [1.165, 1.54) is 18.2 Å². The average molecular weight is 379 g/mol. The van der Waals surface area contributed by atoms with Gasteiger partial charge in [-0.15, -0.1) is 0 Å². The highest BCUT2D eigenvalue weighted by Crippen LogP contribution is 2.28. The maximum absolute atomic E-state index is 13.5. The van der Waals surface area contributed by atoms with Crippen molar-refractivity contribution in [1.82, 2.24) is 5.32 Å². The molecule has 4 nitrogen and oxygen atoms in total. The van der Waals surface area contributed by atoms with Crippen LogP contribution in [0.15, 0.2) is 36.4 Å². The molecule has 2 aromatic rings. The Balaban J connectivity index is 1.60. The van der Waals surface area contributed by atoms with E-state index in [1.807, 2.05) is 0 Å². The van der Waals surface area contributed by atoms with Crippen LogP contribution < -0.4 is 10.2 Å². The second-order valence-corrected chi connectivity index (χ2v) is 6.46. The van der Waals surface area contributed by atoms with Crippen LogP contribution >= 0.6 is 11.6 Å². The summed E-state index contributed by atoms with van der Waals surface area (Å²) in [5.41, 5.74) is 1.67. The molecule has 2 aromatic carbocycles.